The number of carbonyl (C=O) groups is 1. The lowest BCUT2D eigenvalue weighted by atomic mass is 10.0. The lowest BCUT2D eigenvalue weighted by Crippen LogP contribution is -2.27. The van der Waals surface area contributed by atoms with E-state index in [1.807, 2.05) is 24.0 Å². The molecule has 1 aliphatic rings. The van der Waals surface area contributed by atoms with Gasteiger partial charge in [0.1, 0.15) is 6.73 Å². The number of aromatic carboxylic acids is 1. The van der Waals surface area contributed by atoms with Gasteiger partial charge in [-0.25, -0.2) is 9.78 Å². The van der Waals surface area contributed by atoms with E-state index in [4.69, 9.17) is 9.73 Å². The van der Waals surface area contributed by atoms with E-state index in [1.54, 1.807) is 16.7 Å². The van der Waals surface area contributed by atoms with Crippen molar-refractivity contribution in [2.75, 3.05) is 18.1 Å². The molecule has 0 amide bonds. The normalized spacial score (nSPS) is 14.4. The second-order valence-electron chi connectivity index (χ2n) is 10.3. The molecule has 0 atom stereocenters. The van der Waals surface area contributed by atoms with Crippen LogP contribution in [-0.4, -0.2) is 52.0 Å². The van der Waals surface area contributed by atoms with Crippen LogP contribution in [0.2, 0.25) is 25.7 Å². The molecule has 0 fully saturated rings. The molecule has 0 saturated heterocycles. The maximum Gasteiger partial charge on any atom is 0.355 e. The minimum atomic E-state index is -1.17. The standard InChI is InChI=1S/C25H30N6O3S2Si/c1-16-17-8-7-11-30(24-26-18(14-35-24)23(32)33)22(17)29-28-21(16)27-25-31(15-34-12-13-37(2,3)4)19-9-5-6-10-20(19)36-25/h5-6,9-10,14H,7-8,11-13,15H2,1-4H3,(H,32,33)/b27-25-. The Labute approximate surface area is 224 Å². The molecule has 0 spiro atoms. The molecule has 5 rings (SSSR count). The Morgan fingerprint density at radius 3 is 2.81 bits per heavy atom. The summed E-state index contributed by atoms with van der Waals surface area (Å²) in [4.78, 5) is 23.3. The van der Waals surface area contributed by atoms with E-state index in [0.29, 0.717) is 17.7 Å². The number of carboxylic acid groups (broad SMARTS) is 1. The molecule has 0 radical (unpaired) electrons. The Hall–Kier alpha value is -2.93. The summed E-state index contributed by atoms with van der Waals surface area (Å²) >= 11 is 2.92. The molecule has 9 nitrogen and oxygen atoms in total. The number of hydrogen-bond donors (Lipinski definition) is 1. The van der Waals surface area contributed by atoms with Crippen molar-refractivity contribution in [1.82, 2.24) is 19.7 Å². The number of hydrogen-bond acceptors (Lipinski definition) is 9. The largest absolute Gasteiger partial charge is 0.476 e. The highest BCUT2D eigenvalue weighted by Crippen LogP contribution is 2.36. The third kappa shape index (κ3) is 5.52. The quantitative estimate of drug-likeness (QED) is 0.224. The van der Waals surface area contributed by atoms with Gasteiger partial charge >= 0.3 is 5.97 Å². The minimum absolute atomic E-state index is 0.0461. The Balaban J connectivity index is 1.50. The number of anilines is 2. The first-order valence-corrected chi connectivity index (χ1v) is 17.6. The minimum Gasteiger partial charge on any atom is -0.476 e. The lowest BCUT2D eigenvalue weighted by Gasteiger charge is -2.28. The summed E-state index contributed by atoms with van der Waals surface area (Å²) < 4.78 is 9.35. The first kappa shape index (κ1) is 25.7. The third-order valence-electron chi connectivity index (χ3n) is 6.31. The molecule has 0 unspecified atom stereocenters. The highest BCUT2D eigenvalue weighted by Gasteiger charge is 2.26. The maximum atomic E-state index is 11.3. The first-order chi connectivity index (χ1) is 17.7. The highest BCUT2D eigenvalue weighted by atomic mass is 32.1. The molecule has 4 aromatic rings. The van der Waals surface area contributed by atoms with Crippen molar-refractivity contribution in [3.63, 3.8) is 0 Å². The van der Waals surface area contributed by atoms with Crippen molar-refractivity contribution in [2.45, 2.75) is 52.2 Å². The zero-order chi connectivity index (χ0) is 26.2. The maximum absolute atomic E-state index is 11.3. The molecule has 1 aliphatic heterocycles. The van der Waals surface area contributed by atoms with Crippen LogP contribution >= 0.6 is 22.7 Å². The fourth-order valence-corrected chi connectivity index (χ4v) is 6.81. The van der Waals surface area contributed by atoms with Crippen LogP contribution in [0.15, 0.2) is 34.6 Å². The van der Waals surface area contributed by atoms with Crippen LogP contribution in [0.5, 0.6) is 0 Å². The molecule has 1 aromatic carbocycles. The Morgan fingerprint density at radius 2 is 2.05 bits per heavy atom. The van der Waals surface area contributed by atoms with Crippen molar-refractivity contribution in [1.29, 1.82) is 0 Å². The molecular weight excluding hydrogens is 525 g/mol. The van der Waals surface area contributed by atoms with Gasteiger partial charge in [0, 0.05) is 37.7 Å². The molecule has 12 heteroatoms. The van der Waals surface area contributed by atoms with Crippen molar-refractivity contribution in [3.05, 3.63) is 51.3 Å². The van der Waals surface area contributed by atoms with Gasteiger partial charge in [-0.15, -0.1) is 21.5 Å². The number of rotatable bonds is 8. The fourth-order valence-electron chi connectivity index (χ4n) is 4.20. The van der Waals surface area contributed by atoms with Crippen molar-refractivity contribution in [3.8, 4) is 0 Å². The van der Waals surface area contributed by atoms with Crippen LogP contribution < -0.4 is 9.70 Å². The van der Waals surface area contributed by atoms with Gasteiger partial charge < -0.3 is 14.7 Å². The molecule has 37 heavy (non-hydrogen) atoms. The van der Waals surface area contributed by atoms with E-state index in [9.17, 15) is 9.90 Å². The third-order valence-corrected chi connectivity index (χ3v) is 9.94. The Kier molecular flexibility index (Phi) is 7.25. The second-order valence-corrected chi connectivity index (χ2v) is 17.7. The van der Waals surface area contributed by atoms with Gasteiger partial charge in [0.05, 0.1) is 10.2 Å². The van der Waals surface area contributed by atoms with E-state index in [2.05, 4.69) is 51.5 Å². The fraction of sp³-hybridized carbons (Fsp3) is 0.400. The van der Waals surface area contributed by atoms with Gasteiger partial charge in [-0.3, -0.25) is 4.57 Å². The van der Waals surface area contributed by atoms with Gasteiger partial charge in [-0.05, 0) is 37.9 Å². The molecule has 0 saturated carbocycles. The molecule has 3 aromatic heterocycles. The summed E-state index contributed by atoms with van der Waals surface area (Å²) in [5, 5.41) is 20.5. The van der Waals surface area contributed by atoms with Gasteiger partial charge in [-0.1, -0.05) is 43.1 Å². The van der Waals surface area contributed by atoms with Crippen LogP contribution in [0, 0.1) is 6.92 Å². The number of fused-ring (bicyclic) bond motifs is 2. The van der Waals surface area contributed by atoms with Crippen molar-refractivity contribution < 1.29 is 14.6 Å². The summed E-state index contributed by atoms with van der Waals surface area (Å²) in [7, 11) is -1.17. The number of ether oxygens (including phenoxy) is 1. The molecule has 194 valence electrons. The van der Waals surface area contributed by atoms with E-state index in [0.717, 1.165) is 64.0 Å². The number of benzene rings is 1. The Bertz CT molecular complexity index is 1520. The topological polar surface area (TPSA) is 106 Å². The summed E-state index contributed by atoms with van der Waals surface area (Å²) in [6.07, 6.45) is 1.77. The van der Waals surface area contributed by atoms with Crippen molar-refractivity contribution >= 4 is 63.7 Å². The van der Waals surface area contributed by atoms with Gasteiger partial charge in [0.2, 0.25) is 0 Å². The smallest absolute Gasteiger partial charge is 0.355 e. The second kappa shape index (κ2) is 10.4. The van der Waals surface area contributed by atoms with E-state index in [1.165, 1.54) is 11.3 Å². The molecule has 4 heterocycles. The van der Waals surface area contributed by atoms with Gasteiger partial charge in [0.25, 0.3) is 0 Å². The van der Waals surface area contributed by atoms with Gasteiger partial charge in [0.15, 0.2) is 27.3 Å². The van der Waals surface area contributed by atoms with Crippen molar-refractivity contribution in [2.24, 2.45) is 4.99 Å². The summed E-state index contributed by atoms with van der Waals surface area (Å²) in [5.41, 5.74) is 3.19. The van der Waals surface area contributed by atoms with E-state index < -0.39 is 14.0 Å². The predicted molar refractivity (Wildman–Crippen MR) is 150 cm³/mol. The number of thiazole rings is 2. The summed E-state index contributed by atoms with van der Waals surface area (Å²) in [5.74, 6) is 0.290. The van der Waals surface area contributed by atoms with E-state index in [-0.39, 0.29) is 5.69 Å². The molecule has 1 N–H and O–H groups in total. The van der Waals surface area contributed by atoms with Crippen LogP contribution in [0.3, 0.4) is 0 Å². The van der Waals surface area contributed by atoms with Crippen LogP contribution in [0.25, 0.3) is 10.2 Å². The van der Waals surface area contributed by atoms with Gasteiger partial charge in [-0.2, -0.15) is 4.99 Å². The van der Waals surface area contributed by atoms with Crippen LogP contribution in [-0.2, 0) is 17.9 Å². The summed E-state index contributed by atoms with van der Waals surface area (Å²) in [6.45, 7) is 11.0. The van der Waals surface area contributed by atoms with Crippen LogP contribution in [0.1, 0.15) is 28.0 Å². The summed E-state index contributed by atoms with van der Waals surface area (Å²) in [6, 6.07) is 9.37. The predicted octanol–water partition coefficient (Wildman–Crippen LogP) is 5.58. The molecular formula is C25H30N6O3S2Si. The van der Waals surface area contributed by atoms with E-state index >= 15 is 0 Å². The number of carboxylic acids is 1. The lowest BCUT2D eigenvalue weighted by molar-refractivity contribution is 0.0691. The first-order valence-electron chi connectivity index (χ1n) is 12.2. The number of para-hydroxylation sites is 1. The zero-order valence-electron chi connectivity index (χ0n) is 21.4. The SMILES string of the molecule is Cc1c(/N=c2\sc3ccccc3n2COCC[Si](C)(C)C)nnc2c1CCCN2c1nc(C(=O)O)cs1. The monoisotopic (exact) mass is 554 g/mol. The number of nitrogens with zero attached hydrogens (tertiary/aromatic N) is 6. The Morgan fingerprint density at radius 1 is 1.24 bits per heavy atom. The zero-order valence-corrected chi connectivity index (χ0v) is 24.0. The average molecular weight is 555 g/mol. The number of aromatic nitrogens is 4. The van der Waals surface area contributed by atoms with Crippen LogP contribution in [0.4, 0.5) is 16.8 Å². The average Bonchev–Trinajstić information content (AvgIpc) is 3.48. The highest BCUT2D eigenvalue weighted by molar-refractivity contribution is 7.16. The molecule has 0 aliphatic carbocycles. The molecule has 0 bridgehead atoms.